The minimum atomic E-state index is -1.24. The first-order valence-electron chi connectivity index (χ1n) is 6.84. The van der Waals surface area contributed by atoms with Crippen LogP contribution in [0.3, 0.4) is 0 Å². The number of amides is 1. The highest BCUT2D eigenvalue weighted by atomic mass is 32.1. The van der Waals surface area contributed by atoms with Crippen molar-refractivity contribution >= 4 is 28.9 Å². The molecule has 24 heavy (non-hydrogen) atoms. The number of thiophene rings is 1. The number of benzene rings is 1. The summed E-state index contributed by atoms with van der Waals surface area (Å²) in [5.41, 5.74) is 3.23. The van der Waals surface area contributed by atoms with Gasteiger partial charge in [0.15, 0.2) is 0 Å². The third-order valence-electron chi connectivity index (χ3n) is 3.10. The van der Waals surface area contributed by atoms with Gasteiger partial charge in [-0.2, -0.15) is 5.10 Å². The fourth-order valence-electron chi connectivity index (χ4n) is 1.83. The summed E-state index contributed by atoms with van der Waals surface area (Å²) in [5.74, 6) is -0.719. The molecular weight excluding hydrogens is 332 g/mol. The van der Waals surface area contributed by atoms with Gasteiger partial charge in [0.1, 0.15) is 11.5 Å². The molecule has 1 aromatic heterocycles. The second-order valence-corrected chi connectivity index (χ2v) is 5.77. The molecule has 0 fully saturated rings. The van der Waals surface area contributed by atoms with Gasteiger partial charge < -0.3 is 19.4 Å². The van der Waals surface area contributed by atoms with Gasteiger partial charge in [-0.1, -0.05) is 0 Å². The van der Waals surface area contributed by atoms with E-state index in [1.54, 1.807) is 31.2 Å². The van der Waals surface area contributed by atoms with Gasteiger partial charge in [-0.05, 0) is 31.2 Å². The quantitative estimate of drug-likeness (QED) is 0.627. The summed E-state index contributed by atoms with van der Waals surface area (Å²) in [6.45, 7) is 1.66. The van der Waals surface area contributed by atoms with E-state index in [1.165, 1.54) is 20.3 Å². The second kappa shape index (κ2) is 7.60. The number of carboxylic acids is 1. The number of carbonyl (C=O) groups is 2. The van der Waals surface area contributed by atoms with Gasteiger partial charge in [0.2, 0.25) is 0 Å². The standard InChI is InChI=1S/C16H16N2O5S/c1-9(13-4-5-14(24-13)16(20)21)17-18-15(19)10-6-11(22-2)8-12(7-10)23-3/h4-8H,1-3H3,(H,18,19)(H,20,21)/p-1/b17-9-. The van der Waals surface area contributed by atoms with Gasteiger partial charge in [-0.25, -0.2) is 5.43 Å². The largest absolute Gasteiger partial charge is 0.544 e. The molecule has 0 radical (unpaired) electrons. The van der Waals surface area contributed by atoms with E-state index in [9.17, 15) is 14.7 Å². The number of aromatic carboxylic acids is 1. The number of methoxy groups -OCH3 is 2. The molecule has 1 N–H and O–H groups in total. The summed E-state index contributed by atoms with van der Waals surface area (Å²) in [6.07, 6.45) is 0. The normalized spacial score (nSPS) is 11.0. The van der Waals surface area contributed by atoms with E-state index in [1.807, 2.05) is 0 Å². The zero-order valence-electron chi connectivity index (χ0n) is 13.3. The summed E-state index contributed by atoms with van der Waals surface area (Å²) in [4.78, 5) is 23.7. The van der Waals surface area contributed by atoms with Crippen LogP contribution < -0.4 is 20.0 Å². The minimum absolute atomic E-state index is 0.100. The Morgan fingerprint density at radius 1 is 1.08 bits per heavy atom. The molecule has 126 valence electrons. The molecule has 1 aromatic carbocycles. The van der Waals surface area contributed by atoms with Crippen molar-refractivity contribution in [2.75, 3.05) is 14.2 Å². The molecule has 0 bridgehead atoms. The maximum Gasteiger partial charge on any atom is 0.271 e. The first kappa shape index (κ1) is 17.5. The van der Waals surface area contributed by atoms with Crippen molar-refractivity contribution in [3.63, 3.8) is 0 Å². The van der Waals surface area contributed by atoms with E-state index >= 15 is 0 Å². The van der Waals surface area contributed by atoms with Crippen LogP contribution in [0.1, 0.15) is 31.8 Å². The Morgan fingerprint density at radius 3 is 2.17 bits per heavy atom. The summed E-state index contributed by atoms with van der Waals surface area (Å²) in [7, 11) is 2.98. The number of nitrogens with one attached hydrogen (secondary N) is 1. The Bertz CT molecular complexity index is 775. The van der Waals surface area contributed by atoms with Crippen molar-refractivity contribution in [1.29, 1.82) is 0 Å². The maximum absolute atomic E-state index is 12.2. The summed E-state index contributed by atoms with van der Waals surface area (Å²) < 4.78 is 10.2. The molecule has 0 aliphatic carbocycles. The monoisotopic (exact) mass is 347 g/mol. The number of carbonyl (C=O) groups excluding carboxylic acids is 2. The molecule has 0 unspecified atom stereocenters. The summed E-state index contributed by atoms with van der Waals surface area (Å²) in [6, 6.07) is 7.81. The van der Waals surface area contributed by atoms with Crippen LogP contribution in [0.15, 0.2) is 35.4 Å². The molecule has 0 aliphatic rings. The number of hydrogen-bond acceptors (Lipinski definition) is 7. The third kappa shape index (κ3) is 4.11. The van der Waals surface area contributed by atoms with Crippen molar-refractivity contribution in [1.82, 2.24) is 5.43 Å². The Kier molecular flexibility index (Phi) is 5.54. The van der Waals surface area contributed by atoms with Gasteiger partial charge in [0.25, 0.3) is 5.91 Å². The molecule has 0 aliphatic heterocycles. The van der Waals surface area contributed by atoms with Crippen LogP contribution in [0.4, 0.5) is 0 Å². The smallest absolute Gasteiger partial charge is 0.271 e. The number of nitrogens with zero attached hydrogens (tertiary/aromatic N) is 1. The molecule has 1 amide bonds. The first-order valence-corrected chi connectivity index (χ1v) is 7.65. The molecule has 0 spiro atoms. The number of hydrazone groups is 1. The number of ether oxygens (including phenoxy) is 2. The van der Waals surface area contributed by atoms with Crippen LogP contribution in [0.25, 0.3) is 0 Å². The fourth-order valence-corrected chi connectivity index (χ4v) is 2.62. The fraction of sp³-hybridized carbons (Fsp3) is 0.188. The molecule has 8 heteroatoms. The van der Waals surface area contributed by atoms with Crippen molar-refractivity contribution in [3.8, 4) is 11.5 Å². The molecule has 7 nitrogen and oxygen atoms in total. The lowest BCUT2D eigenvalue weighted by Crippen LogP contribution is -2.20. The van der Waals surface area contributed by atoms with E-state index in [0.29, 0.717) is 27.7 Å². The highest BCUT2D eigenvalue weighted by Gasteiger charge is 2.10. The van der Waals surface area contributed by atoms with Crippen LogP contribution in [0.5, 0.6) is 11.5 Å². The zero-order chi connectivity index (χ0) is 17.7. The van der Waals surface area contributed by atoms with Crippen LogP contribution in [-0.4, -0.2) is 31.8 Å². The van der Waals surface area contributed by atoms with Gasteiger partial charge >= 0.3 is 0 Å². The van der Waals surface area contributed by atoms with Crippen molar-refractivity contribution in [2.24, 2.45) is 5.10 Å². The maximum atomic E-state index is 12.2. The third-order valence-corrected chi connectivity index (χ3v) is 4.28. The Hall–Kier alpha value is -2.87. The lowest BCUT2D eigenvalue weighted by molar-refractivity contribution is -0.254. The predicted molar refractivity (Wildman–Crippen MR) is 87.9 cm³/mol. The van der Waals surface area contributed by atoms with Crippen LogP contribution >= 0.6 is 11.3 Å². The zero-order valence-corrected chi connectivity index (χ0v) is 14.1. The topological polar surface area (TPSA) is 100 Å². The summed E-state index contributed by atoms with van der Waals surface area (Å²) in [5, 5.41) is 14.8. The highest BCUT2D eigenvalue weighted by molar-refractivity contribution is 7.15. The average Bonchev–Trinajstić information content (AvgIpc) is 3.09. The Labute approximate surface area is 142 Å². The predicted octanol–water partition coefficient (Wildman–Crippen LogP) is 1.28. The minimum Gasteiger partial charge on any atom is -0.544 e. The van der Waals surface area contributed by atoms with E-state index in [-0.39, 0.29) is 4.88 Å². The van der Waals surface area contributed by atoms with Crippen LogP contribution in [-0.2, 0) is 0 Å². The molecule has 0 saturated carbocycles. The van der Waals surface area contributed by atoms with Gasteiger partial charge in [0, 0.05) is 11.6 Å². The Balaban J connectivity index is 2.15. The summed E-state index contributed by atoms with van der Waals surface area (Å²) >= 11 is 1.02. The van der Waals surface area contributed by atoms with Gasteiger partial charge in [-0.3, -0.25) is 4.79 Å². The number of rotatable bonds is 6. The average molecular weight is 347 g/mol. The molecule has 1 heterocycles. The van der Waals surface area contributed by atoms with E-state index in [0.717, 1.165) is 11.3 Å². The molecule has 2 rings (SSSR count). The van der Waals surface area contributed by atoms with Crippen molar-refractivity contribution < 1.29 is 24.2 Å². The number of hydrogen-bond donors (Lipinski definition) is 1. The van der Waals surface area contributed by atoms with E-state index < -0.39 is 11.9 Å². The molecule has 2 aromatic rings. The molecule has 0 atom stereocenters. The number of carboxylic acid groups (broad SMARTS) is 1. The SMILES string of the molecule is COc1cc(OC)cc(C(=O)N/N=C(/C)c2ccc(C(=O)[O-])s2)c1. The second-order valence-electron chi connectivity index (χ2n) is 4.69. The lowest BCUT2D eigenvalue weighted by Gasteiger charge is -2.07. The first-order chi connectivity index (χ1) is 11.4. The van der Waals surface area contributed by atoms with Crippen LogP contribution in [0, 0.1) is 0 Å². The van der Waals surface area contributed by atoms with E-state index in [4.69, 9.17) is 9.47 Å². The van der Waals surface area contributed by atoms with E-state index in [2.05, 4.69) is 10.5 Å². The van der Waals surface area contributed by atoms with Crippen LogP contribution in [0.2, 0.25) is 0 Å². The Morgan fingerprint density at radius 2 is 1.67 bits per heavy atom. The van der Waals surface area contributed by atoms with Gasteiger partial charge in [0.05, 0.1) is 35.7 Å². The van der Waals surface area contributed by atoms with Crippen molar-refractivity contribution in [2.45, 2.75) is 6.92 Å². The molecular formula is C16H15N2O5S-. The molecule has 0 saturated heterocycles. The van der Waals surface area contributed by atoms with Crippen molar-refractivity contribution in [3.05, 3.63) is 45.6 Å². The highest BCUT2D eigenvalue weighted by Crippen LogP contribution is 2.22. The lowest BCUT2D eigenvalue weighted by atomic mass is 10.2. The van der Waals surface area contributed by atoms with Gasteiger partial charge in [-0.15, -0.1) is 11.3 Å².